The van der Waals surface area contributed by atoms with E-state index in [4.69, 9.17) is 14.5 Å². The Balaban J connectivity index is 1.28. The molecule has 0 aliphatic carbocycles. The number of aryl methyl sites for hydroxylation is 1. The molecule has 0 bridgehead atoms. The second-order valence-corrected chi connectivity index (χ2v) is 11.2. The lowest BCUT2D eigenvalue weighted by atomic mass is 10.0. The summed E-state index contributed by atoms with van der Waals surface area (Å²) in [4.78, 5) is 27.5. The number of nitrogens with zero attached hydrogens (tertiary/aromatic N) is 6. The quantitative estimate of drug-likeness (QED) is 0.306. The van der Waals surface area contributed by atoms with E-state index in [1.54, 1.807) is 36.3 Å². The molecule has 2 aliphatic heterocycles. The van der Waals surface area contributed by atoms with E-state index < -0.39 is 11.7 Å². The van der Waals surface area contributed by atoms with E-state index in [2.05, 4.69) is 44.4 Å². The average molecular weight is 577 g/mol. The second-order valence-electron chi connectivity index (χ2n) is 11.2. The number of ether oxygens (including phenoxy) is 2. The molecule has 2 aromatic carbocycles. The van der Waals surface area contributed by atoms with Crippen molar-refractivity contribution < 1.29 is 18.7 Å². The topological polar surface area (TPSA) is 110 Å². The zero-order chi connectivity index (χ0) is 29.2. The Morgan fingerprint density at radius 2 is 1.95 bits per heavy atom. The molecule has 222 valence electrons. The lowest BCUT2D eigenvalue weighted by Gasteiger charge is -2.38. The fraction of sp³-hybridized carbons (Fsp3) is 0.467. The van der Waals surface area contributed by atoms with E-state index in [1.807, 2.05) is 6.07 Å². The van der Waals surface area contributed by atoms with Crippen LogP contribution >= 0.6 is 0 Å². The Labute approximate surface area is 244 Å². The smallest absolute Gasteiger partial charge is 0.316 e. The van der Waals surface area contributed by atoms with Gasteiger partial charge in [0.05, 0.1) is 30.9 Å². The number of hydrogen-bond acceptors (Lipinski definition) is 9. The first-order chi connectivity index (χ1) is 20.3. The van der Waals surface area contributed by atoms with Crippen molar-refractivity contribution in [2.75, 3.05) is 62.8 Å². The van der Waals surface area contributed by atoms with Crippen LogP contribution in [0.4, 0.5) is 15.8 Å². The number of fused-ring (bicyclic) bond motifs is 2. The number of amides is 1. The van der Waals surface area contributed by atoms with Gasteiger partial charge in [-0.2, -0.15) is 10.1 Å². The number of halogens is 1. The molecule has 2 atom stereocenters. The summed E-state index contributed by atoms with van der Waals surface area (Å²) in [5, 5.41) is 11.9. The summed E-state index contributed by atoms with van der Waals surface area (Å²) in [5.41, 5.74) is 2.41. The van der Waals surface area contributed by atoms with Gasteiger partial charge in [0.25, 0.3) is 5.91 Å². The third-order valence-corrected chi connectivity index (χ3v) is 7.74. The first kappa shape index (κ1) is 28.3. The molecule has 0 unspecified atom stereocenters. The number of nitrogens with one attached hydrogen (secondary N) is 2. The molecular weight excluding hydrogens is 539 g/mol. The van der Waals surface area contributed by atoms with Crippen LogP contribution < -0.4 is 20.3 Å². The molecule has 6 rings (SSSR count). The van der Waals surface area contributed by atoms with E-state index in [0.717, 1.165) is 63.4 Å². The molecule has 2 aromatic heterocycles. The Morgan fingerprint density at radius 1 is 1.17 bits per heavy atom. The number of carbonyl (C=O) groups excluding carboxylic acids is 1. The molecule has 0 spiro atoms. The number of piperazine rings is 1. The SMILES string of the molecule is C[C@@H]1CN(c2ccc(C(=O)Nc3cc(F)c4nn(C)cc4c3)c3nc(OCCCN4CCOCC4)ncc23)C[C@@H](C)N1. The molecule has 42 heavy (non-hydrogen) atoms. The van der Waals surface area contributed by atoms with Crippen molar-refractivity contribution >= 4 is 39.1 Å². The van der Waals surface area contributed by atoms with Gasteiger partial charge < -0.3 is 25.0 Å². The minimum Gasteiger partial charge on any atom is -0.463 e. The van der Waals surface area contributed by atoms with Gasteiger partial charge in [-0.25, -0.2) is 9.37 Å². The Hall–Kier alpha value is -3.87. The minimum absolute atomic E-state index is 0.223. The number of aromatic nitrogens is 4. The average Bonchev–Trinajstić information content (AvgIpc) is 3.35. The van der Waals surface area contributed by atoms with Gasteiger partial charge in [0.15, 0.2) is 5.82 Å². The third-order valence-electron chi connectivity index (χ3n) is 7.74. The minimum atomic E-state index is -0.499. The molecule has 2 saturated heterocycles. The Bertz CT molecular complexity index is 1580. The van der Waals surface area contributed by atoms with Crippen molar-refractivity contribution in [3.63, 3.8) is 0 Å². The number of benzene rings is 2. The monoisotopic (exact) mass is 576 g/mol. The van der Waals surface area contributed by atoms with Crippen molar-refractivity contribution in [3.8, 4) is 6.01 Å². The van der Waals surface area contributed by atoms with Gasteiger partial charge in [0.2, 0.25) is 0 Å². The highest BCUT2D eigenvalue weighted by Gasteiger charge is 2.25. The summed E-state index contributed by atoms with van der Waals surface area (Å²) in [6, 6.07) is 7.54. The molecule has 12 heteroatoms. The summed E-state index contributed by atoms with van der Waals surface area (Å²) < 4.78 is 27.6. The van der Waals surface area contributed by atoms with Gasteiger partial charge >= 0.3 is 6.01 Å². The van der Waals surface area contributed by atoms with Crippen LogP contribution in [0.25, 0.3) is 21.8 Å². The maximum atomic E-state index is 14.7. The summed E-state index contributed by atoms with van der Waals surface area (Å²) in [6.07, 6.45) is 4.28. The predicted molar refractivity (Wildman–Crippen MR) is 160 cm³/mol. The van der Waals surface area contributed by atoms with Gasteiger partial charge in [-0.15, -0.1) is 0 Å². The van der Waals surface area contributed by atoms with Gasteiger partial charge in [0.1, 0.15) is 5.52 Å². The lowest BCUT2D eigenvalue weighted by Crippen LogP contribution is -2.54. The van der Waals surface area contributed by atoms with E-state index in [1.165, 1.54) is 6.07 Å². The zero-order valence-corrected chi connectivity index (χ0v) is 24.3. The highest BCUT2D eigenvalue weighted by atomic mass is 19.1. The maximum Gasteiger partial charge on any atom is 0.316 e. The van der Waals surface area contributed by atoms with Crippen LogP contribution in [0.15, 0.2) is 36.7 Å². The van der Waals surface area contributed by atoms with Crippen LogP contribution in [0.2, 0.25) is 0 Å². The van der Waals surface area contributed by atoms with Crippen LogP contribution in [0.5, 0.6) is 6.01 Å². The molecule has 2 N–H and O–H groups in total. The Kier molecular flexibility index (Phi) is 8.18. The fourth-order valence-corrected chi connectivity index (χ4v) is 5.90. The van der Waals surface area contributed by atoms with Gasteiger partial charge in [-0.3, -0.25) is 14.4 Å². The van der Waals surface area contributed by atoms with Crippen LogP contribution in [0, 0.1) is 5.82 Å². The predicted octanol–water partition coefficient (Wildman–Crippen LogP) is 3.20. The summed E-state index contributed by atoms with van der Waals surface area (Å²) >= 11 is 0. The van der Waals surface area contributed by atoms with E-state index >= 15 is 0 Å². The number of rotatable bonds is 8. The molecule has 4 aromatic rings. The molecule has 2 aliphatic rings. The number of morpholine rings is 1. The van der Waals surface area contributed by atoms with Crippen molar-refractivity contribution in [2.45, 2.75) is 32.4 Å². The summed E-state index contributed by atoms with van der Waals surface area (Å²) in [7, 11) is 1.73. The standard InChI is InChI=1S/C30H37FN8O3/c1-19-16-39(17-20(2)33-19)26-6-5-23(29(40)34-22-13-21-18-37(3)36-27(21)25(31)14-22)28-24(26)15-32-30(35-28)42-10-4-7-38-8-11-41-12-9-38/h5-6,13-15,18-20,33H,4,7-12,16-17H2,1-3H3,(H,34,40)/t19-,20-/m1/s1. The largest absolute Gasteiger partial charge is 0.463 e. The first-order valence-corrected chi connectivity index (χ1v) is 14.5. The first-order valence-electron chi connectivity index (χ1n) is 14.5. The molecular formula is C30H37FN8O3. The number of hydrogen-bond donors (Lipinski definition) is 2. The zero-order valence-electron chi connectivity index (χ0n) is 24.3. The van der Waals surface area contributed by atoms with Gasteiger partial charge in [-0.1, -0.05) is 0 Å². The van der Waals surface area contributed by atoms with Gasteiger partial charge in [0, 0.05) is 86.4 Å². The molecule has 0 saturated carbocycles. The third kappa shape index (κ3) is 6.15. The van der Waals surface area contributed by atoms with Crippen molar-refractivity contribution in [1.29, 1.82) is 0 Å². The molecule has 1 amide bonds. The van der Waals surface area contributed by atoms with Crippen molar-refractivity contribution in [1.82, 2.24) is 30.0 Å². The van der Waals surface area contributed by atoms with Crippen LogP contribution in [0.1, 0.15) is 30.6 Å². The highest BCUT2D eigenvalue weighted by Crippen LogP contribution is 2.31. The van der Waals surface area contributed by atoms with E-state index in [-0.39, 0.29) is 11.5 Å². The normalized spacial score (nSPS) is 19.9. The Morgan fingerprint density at radius 3 is 2.74 bits per heavy atom. The van der Waals surface area contributed by atoms with Crippen LogP contribution in [0.3, 0.4) is 0 Å². The number of anilines is 2. The number of carbonyl (C=O) groups is 1. The van der Waals surface area contributed by atoms with Crippen LogP contribution in [-0.4, -0.2) is 95.2 Å². The maximum absolute atomic E-state index is 14.7. The molecule has 11 nitrogen and oxygen atoms in total. The van der Waals surface area contributed by atoms with Crippen molar-refractivity contribution in [2.24, 2.45) is 7.05 Å². The van der Waals surface area contributed by atoms with E-state index in [0.29, 0.717) is 40.8 Å². The van der Waals surface area contributed by atoms with Crippen LogP contribution in [-0.2, 0) is 11.8 Å². The summed E-state index contributed by atoms with van der Waals surface area (Å²) in [6.45, 7) is 10.7. The second kappa shape index (κ2) is 12.2. The van der Waals surface area contributed by atoms with E-state index in [9.17, 15) is 9.18 Å². The summed E-state index contributed by atoms with van der Waals surface area (Å²) in [5.74, 6) is -0.895. The lowest BCUT2D eigenvalue weighted by molar-refractivity contribution is 0.0356. The molecule has 2 fully saturated rings. The fourth-order valence-electron chi connectivity index (χ4n) is 5.90. The van der Waals surface area contributed by atoms with Crippen molar-refractivity contribution in [3.05, 3.63) is 48.0 Å². The molecule has 0 radical (unpaired) electrons. The van der Waals surface area contributed by atoms with Gasteiger partial charge in [-0.05, 0) is 44.5 Å². The highest BCUT2D eigenvalue weighted by molar-refractivity contribution is 6.14. The molecule has 4 heterocycles.